The Balaban J connectivity index is 2.42. The van der Waals surface area contributed by atoms with Crippen LogP contribution >= 0.6 is 11.6 Å². The Bertz CT molecular complexity index is 488. The van der Waals surface area contributed by atoms with E-state index in [0.717, 1.165) is 5.56 Å². The van der Waals surface area contributed by atoms with Crippen molar-refractivity contribution >= 4 is 28.9 Å². The van der Waals surface area contributed by atoms with Crippen LogP contribution in [0.4, 0.5) is 0 Å². The maximum Gasteiger partial charge on any atom is 0.311 e. The van der Waals surface area contributed by atoms with E-state index in [4.69, 9.17) is 16.7 Å². The van der Waals surface area contributed by atoms with Crippen molar-refractivity contribution in [2.45, 2.75) is 12.8 Å². The average molecular weight is 251 g/mol. The molecular weight excluding hydrogens is 240 g/mol. The SMILES string of the molecule is O=C1C=C(c2ccc(Cl)cc2)C(C(=O)O)CC1. The molecule has 0 saturated heterocycles. The summed E-state index contributed by atoms with van der Waals surface area (Å²) in [6.07, 6.45) is 2.10. The van der Waals surface area contributed by atoms with Gasteiger partial charge in [0.1, 0.15) is 0 Å². The first-order chi connectivity index (χ1) is 8.08. The van der Waals surface area contributed by atoms with Crippen molar-refractivity contribution in [3.05, 3.63) is 40.9 Å². The normalized spacial score (nSPS) is 19.9. The first-order valence-corrected chi connectivity index (χ1v) is 5.69. The van der Waals surface area contributed by atoms with Gasteiger partial charge in [-0.3, -0.25) is 9.59 Å². The maximum absolute atomic E-state index is 11.4. The minimum atomic E-state index is -0.890. The minimum absolute atomic E-state index is 0.0209. The Morgan fingerprint density at radius 2 is 1.94 bits per heavy atom. The van der Waals surface area contributed by atoms with Gasteiger partial charge in [-0.05, 0) is 35.8 Å². The van der Waals surface area contributed by atoms with Gasteiger partial charge in [-0.2, -0.15) is 0 Å². The van der Waals surface area contributed by atoms with Crippen LogP contribution < -0.4 is 0 Å². The number of hydrogen-bond acceptors (Lipinski definition) is 2. The number of carbonyl (C=O) groups excluding carboxylic acids is 1. The van der Waals surface area contributed by atoms with Gasteiger partial charge < -0.3 is 5.11 Å². The molecule has 0 saturated carbocycles. The van der Waals surface area contributed by atoms with Crippen molar-refractivity contribution in [2.24, 2.45) is 5.92 Å². The molecule has 0 amide bonds. The van der Waals surface area contributed by atoms with E-state index < -0.39 is 11.9 Å². The van der Waals surface area contributed by atoms with E-state index in [1.807, 2.05) is 0 Å². The van der Waals surface area contributed by atoms with Crippen LogP contribution in [0.1, 0.15) is 18.4 Å². The average Bonchev–Trinajstić information content (AvgIpc) is 2.29. The zero-order valence-electron chi connectivity index (χ0n) is 9.02. The highest BCUT2D eigenvalue weighted by atomic mass is 35.5. The Labute approximate surface area is 104 Å². The van der Waals surface area contributed by atoms with Crippen LogP contribution in [0.5, 0.6) is 0 Å². The summed E-state index contributed by atoms with van der Waals surface area (Å²) >= 11 is 5.78. The Morgan fingerprint density at radius 3 is 2.53 bits per heavy atom. The molecule has 0 aromatic heterocycles. The molecule has 0 fully saturated rings. The van der Waals surface area contributed by atoms with Crippen LogP contribution in [0.2, 0.25) is 5.02 Å². The second-order valence-electron chi connectivity index (χ2n) is 4.00. The van der Waals surface area contributed by atoms with Gasteiger partial charge in [-0.1, -0.05) is 23.7 Å². The number of carbonyl (C=O) groups is 2. The Kier molecular flexibility index (Phi) is 3.29. The molecule has 1 aliphatic rings. The molecule has 3 nitrogen and oxygen atoms in total. The third kappa shape index (κ3) is 2.56. The van der Waals surface area contributed by atoms with Crippen molar-refractivity contribution in [3.8, 4) is 0 Å². The summed E-state index contributed by atoms with van der Waals surface area (Å²) in [5, 5.41) is 9.72. The predicted molar refractivity (Wildman–Crippen MR) is 64.8 cm³/mol. The minimum Gasteiger partial charge on any atom is -0.481 e. The fraction of sp³-hybridized carbons (Fsp3) is 0.231. The van der Waals surface area contributed by atoms with E-state index in [-0.39, 0.29) is 5.78 Å². The molecule has 1 atom stereocenters. The highest BCUT2D eigenvalue weighted by Gasteiger charge is 2.28. The van der Waals surface area contributed by atoms with Gasteiger partial charge in [0, 0.05) is 11.4 Å². The van der Waals surface area contributed by atoms with E-state index in [0.29, 0.717) is 23.4 Å². The van der Waals surface area contributed by atoms with E-state index in [2.05, 4.69) is 0 Å². The molecule has 4 heteroatoms. The molecule has 0 heterocycles. The molecule has 2 rings (SSSR count). The number of aliphatic carboxylic acids is 1. The van der Waals surface area contributed by atoms with Crippen LogP contribution in [0.3, 0.4) is 0 Å². The zero-order chi connectivity index (χ0) is 12.4. The summed E-state index contributed by atoms with van der Waals surface area (Å²) in [6.45, 7) is 0. The van der Waals surface area contributed by atoms with Crippen LogP contribution in [-0.4, -0.2) is 16.9 Å². The Morgan fingerprint density at radius 1 is 1.29 bits per heavy atom. The molecule has 1 unspecified atom stereocenters. The molecule has 1 aromatic carbocycles. The molecular formula is C13H11ClO3. The van der Waals surface area contributed by atoms with Gasteiger partial charge in [0.2, 0.25) is 0 Å². The number of ketones is 1. The number of benzene rings is 1. The van der Waals surface area contributed by atoms with Gasteiger partial charge in [-0.25, -0.2) is 0 Å². The van der Waals surface area contributed by atoms with Crippen molar-refractivity contribution in [1.82, 2.24) is 0 Å². The van der Waals surface area contributed by atoms with Gasteiger partial charge in [0.25, 0.3) is 0 Å². The summed E-state index contributed by atoms with van der Waals surface area (Å²) in [6, 6.07) is 6.86. The zero-order valence-corrected chi connectivity index (χ0v) is 9.78. The van der Waals surface area contributed by atoms with E-state index in [1.165, 1.54) is 6.08 Å². The quantitative estimate of drug-likeness (QED) is 0.878. The van der Waals surface area contributed by atoms with Crippen LogP contribution in [0, 0.1) is 5.92 Å². The third-order valence-electron chi connectivity index (χ3n) is 2.85. The van der Waals surface area contributed by atoms with Crippen molar-refractivity contribution < 1.29 is 14.7 Å². The number of halogens is 1. The molecule has 0 spiro atoms. The lowest BCUT2D eigenvalue weighted by molar-refractivity contribution is -0.140. The monoisotopic (exact) mass is 250 g/mol. The smallest absolute Gasteiger partial charge is 0.311 e. The van der Waals surface area contributed by atoms with E-state index >= 15 is 0 Å². The van der Waals surface area contributed by atoms with Gasteiger partial charge >= 0.3 is 5.97 Å². The fourth-order valence-electron chi connectivity index (χ4n) is 1.97. The number of rotatable bonds is 2. The Hall–Kier alpha value is -1.61. The summed E-state index contributed by atoms with van der Waals surface area (Å²) in [4.78, 5) is 22.5. The molecule has 1 aliphatic carbocycles. The highest BCUT2D eigenvalue weighted by Crippen LogP contribution is 2.32. The summed E-state index contributed by atoms with van der Waals surface area (Å²) in [5.74, 6) is -1.51. The largest absolute Gasteiger partial charge is 0.481 e. The topological polar surface area (TPSA) is 54.4 Å². The number of hydrogen-bond donors (Lipinski definition) is 1. The second kappa shape index (κ2) is 4.72. The highest BCUT2D eigenvalue weighted by molar-refractivity contribution is 6.30. The van der Waals surface area contributed by atoms with Crippen LogP contribution in [0.15, 0.2) is 30.3 Å². The van der Waals surface area contributed by atoms with Gasteiger partial charge in [0.15, 0.2) is 5.78 Å². The van der Waals surface area contributed by atoms with Crippen LogP contribution in [-0.2, 0) is 9.59 Å². The molecule has 0 bridgehead atoms. The molecule has 88 valence electrons. The van der Waals surface area contributed by atoms with E-state index in [1.54, 1.807) is 24.3 Å². The fourth-order valence-corrected chi connectivity index (χ4v) is 2.10. The number of carboxylic acid groups (broad SMARTS) is 1. The van der Waals surface area contributed by atoms with Crippen molar-refractivity contribution in [3.63, 3.8) is 0 Å². The predicted octanol–water partition coefficient (Wildman–Crippen LogP) is 2.79. The second-order valence-corrected chi connectivity index (χ2v) is 4.44. The molecule has 0 aliphatic heterocycles. The molecule has 17 heavy (non-hydrogen) atoms. The van der Waals surface area contributed by atoms with Crippen LogP contribution in [0.25, 0.3) is 5.57 Å². The van der Waals surface area contributed by atoms with Gasteiger partial charge in [0.05, 0.1) is 5.92 Å². The molecule has 1 aromatic rings. The number of allylic oxidation sites excluding steroid dienone is 1. The molecule has 1 N–H and O–H groups in total. The standard InChI is InChI=1S/C13H11ClO3/c14-9-3-1-8(2-4-9)12-7-10(15)5-6-11(12)13(16)17/h1-4,7,11H,5-6H2,(H,16,17). The maximum atomic E-state index is 11.4. The van der Waals surface area contributed by atoms with Gasteiger partial charge in [-0.15, -0.1) is 0 Å². The lowest BCUT2D eigenvalue weighted by atomic mass is 9.83. The number of carboxylic acids is 1. The van der Waals surface area contributed by atoms with Crippen molar-refractivity contribution in [2.75, 3.05) is 0 Å². The summed E-state index contributed by atoms with van der Waals surface area (Å²) < 4.78 is 0. The first-order valence-electron chi connectivity index (χ1n) is 5.31. The van der Waals surface area contributed by atoms with E-state index in [9.17, 15) is 9.59 Å². The summed E-state index contributed by atoms with van der Waals surface area (Å²) in [5.41, 5.74) is 1.32. The lowest BCUT2D eigenvalue weighted by Gasteiger charge is -2.20. The summed E-state index contributed by atoms with van der Waals surface area (Å²) in [7, 11) is 0. The van der Waals surface area contributed by atoms with Crippen molar-refractivity contribution in [1.29, 1.82) is 0 Å². The first kappa shape index (κ1) is 11.9. The molecule has 0 radical (unpaired) electrons. The lowest BCUT2D eigenvalue weighted by Crippen LogP contribution is -2.21. The third-order valence-corrected chi connectivity index (χ3v) is 3.10.